The Morgan fingerprint density at radius 1 is 1.27 bits per heavy atom. The zero-order valence-electron chi connectivity index (χ0n) is 15.1. The SMILES string of the molecule is CC1CCCN1c1cc(C2CCNC2)cc(Nc2cc(C#N)ccn2)n1. The monoisotopic (exact) mass is 348 g/mol. The number of rotatable bonds is 4. The maximum Gasteiger partial charge on any atom is 0.134 e. The van der Waals surface area contributed by atoms with Crippen LogP contribution in [-0.2, 0) is 0 Å². The minimum absolute atomic E-state index is 0.521. The first-order valence-electron chi connectivity index (χ1n) is 9.35. The largest absolute Gasteiger partial charge is 0.354 e. The molecule has 4 rings (SSSR count). The van der Waals surface area contributed by atoms with Crippen molar-refractivity contribution in [2.24, 2.45) is 0 Å². The molecule has 2 fully saturated rings. The van der Waals surface area contributed by atoms with Gasteiger partial charge in [-0.3, -0.25) is 0 Å². The van der Waals surface area contributed by atoms with E-state index in [1.54, 1.807) is 18.3 Å². The van der Waals surface area contributed by atoms with E-state index in [9.17, 15) is 0 Å². The molecule has 0 saturated carbocycles. The minimum Gasteiger partial charge on any atom is -0.354 e. The number of anilines is 3. The number of nitrogens with one attached hydrogen (secondary N) is 2. The van der Waals surface area contributed by atoms with Crippen LogP contribution in [0.2, 0.25) is 0 Å². The van der Waals surface area contributed by atoms with Crippen molar-refractivity contribution >= 4 is 17.5 Å². The van der Waals surface area contributed by atoms with E-state index in [0.717, 1.165) is 37.7 Å². The van der Waals surface area contributed by atoms with Crippen molar-refractivity contribution in [3.63, 3.8) is 0 Å². The summed E-state index contributed by atoms with van der Waals surface area (Å²) in [6.45, 7) is 5.41. The van der Waals surface area contributed by atoms with Gasteiger partial charge in [0.2, 0.25) is 0 Å². The van der Waals surface area contributed by atoms with Gasteiger partial charge in [0.15, 0.2) is 0 Å². The summed E-state index contributed by atoms with van der Waals surface area (Å²) in [5.41, 5.74) is 1.91. The van der Waals surface area contributed by atoms with Crippen LogP contribution in [0, 0.1) is 11.3 Å². The van der Waals surface area contributed by atoms with Gasteiger partial charge >= 0.3 is 0 Å². The molecule has 4 heterocycles. The first-order chi connectivity index (χ1) is 12.7. The predicted molar refractivity (Wildman–Crippen MR) is 103 cm³/mol. The van der Waals surface area contributed by atoms with Gasteiger partial charge in [0.25, 0.3) is 0 Å². The molecule has 0 aliphatic carbocycles. The fraction of sp³-hybridized carbons (Fsp3) is 0.450. The van der Waals surface area contributed by atoms with Crippen molar-refractivity contribution < 1.29 is 0 Å². The molecule has 26 heavy (non-hydrogen) atoms. The van der Waals surface area contributed by atoms with Crippen LogP contribution in [0.15, 0.2) is 30.5 Å². The Hall–Kier alpha value is -2.65. The molecule has 2 unspecified atom stereocenters. The van der Waals surface area contributed by atoms with Gasteiger partial charge in [0.05, 0.1) is 11.6 Å². The molecule has 6 heteroatoms. The normalized spacial score (nSPS) is 22.4. The molecule has 2 N–H and O–H groups in total. The Morgan fingerprint density at radius 2 is 2.19 bits per heavy atom. The van der Waals surface area contributed by atoms with E-state index in [1.807, 2.05) is 0 Å². The molecule has 2 atom stereocenters. The van der Waals surface area contributed by atoms with Gasteiger partial charge in [-0.1, -0.05) is 0 Å². The zero-order valence-corrected chi connectivity index (χ0v) is 15.1. The van der Waals surface area contributed by atoms with Crippen LogP contribution >= 0.6 is 0 Å². The fourth-order valence-corrected chi connectivity index (χ4v) is 3.90. The molecule has 0 bridgehead atoms. The maximum atomic E-state index is 9.10. The lowest BCUT2D eigenvalue weighted by Gasteiger charge is -2.25. The Labute approximate surface area is 154 Å². The maximum absolute atomic E-state index is 9.10. The summed E-state index contributed by atoms with van der Waals surface area (Å²) >= 11 is 0. The second-order valence-electron chi connectivity index (χ2n) is 7.18. The zero-order chi connectivity index (χ0) is 17.9. The van der Waals surface area contributed by atoms with Crippen LogP contribution in [-0.4, -0.2) is 35.6 Å². The molecule has 2 aliphatic rings. The fourth-order valence-electron chi connectivity index (χ4n) is 3.90. The van der Waals surface area contributed by atoms with Gasteiger partial charge in [-0.05, 0) is 68.5 Å². The number of aromatic nitrogens is 2. The molecular formula is C20H24N6. The van der Waals surface area contributed by atoms with E-state index in [1.165, 1.54) is 18.4 Å². The first kappa shape index (κ1) is 16.8. The number of hydrogen-bond acceptors (Lipinski definition) is 6. The quantitative estimate of drug-likeness (QED) is 0.884. The standard InChI is InChI=1S/C20H24N6/c1-14-3-2-8-26(14)20-11-17(16-5-6-22-13-16)10-19(25-20)24-18-9-15(12-21)4-7-23-18/h4,7,9-11,14,16,22H,2-3,5-6,8,13H2,1H3,(H,23,24,25). The van der Waals surface area contributed by atoms with Crippen LogP contribution in [0.5, 0.6) is 0 Å². The van der Waals surface area contributed by atoms with Gasteiger partial charge in [-0.15, -0.1) is 0 Å². The van der Waals surface area contributed by atoms with E-state index < -0.39 is 0 Å². The Morgan fingerprint density at radius 3 is 2.92 bits per heavy atom. The summed E-state index contributed by atoms with van der Waals surface area (Å²) in [4.78, 5) is 11.6. The Balaban J connectivity index is 1.68. The summed E-state index contributed by atoms with van der Waals surface area (Å²) in [6, 6.07) is 10.5. The predicted octanol–water partition coefficient (Wildman–Crippen LogP) is 3.16. The summed E-state index contributed by atoms with van der Waals surface area (Å²) in [7, 11) is 0. The lowest BCUT2D eigenvalue weighted by atomic mass is 9.99. The van der Waals surface area contributed by atoms with Crippen LogP contribution in [0.3, 0.4) is 0 Å². The van der Waals surface area contributed by atoms with Gasteiger partial charge in [-0.25, -0.2) is 9.97 Å². The second kappa shape index (κ2) is 7.30. The third kappa shape index (κ3) is 3.49. The average molecular weight is 348 g/mol. The lowest BCUT2D eigenvalue weighted by molar-refractivity contribution is 0.722. The van der Waals surface area contributed by atoms with Crippen LogP contribution in [0.4, 0.5) is 17.5 Å². The van der Waals surface area contributed by atoms with E-state index in [4.69, 9.17) is 10.2 Å². The van der Waals surface area contributed by atoms with E-state index >= 15 is 0 Å². The number of nitrogens with zero attached hydrogens (tertiary/aromatic N) is 4. The molecule has 6 nitrogen and oxygen atoms in total. The second-order valence-corrected chi connectivity index (χ2v) is 7.18. The molecule has 0 spiro atoms. The third-order valence-corrected chi connectivity index (χ3v) is 5.36. The molecule has 0 amide bonds. The molecular weight excluding hydrogens is 324 g/mol. The van der Waals surface area contributed by atoms with Crippen LogP contribution in [0.25, 0.3) is 0 Å². The molecule has 2 saturated heterocycles. The highest BCUT2D eigenvalue weighted by Crippen LogP contribution is 2.31. The molecule has 0 aromatic carbocycles. The van der Waals surface area contributed by atoms with Crippen molar-refractivity contribution in [1.82, 2.24) is 15.3 Å². The van der Waals surface area contributed by atoms with Crippen LogP contribution in [0.1, 0.15) is 43.2 Å². The Bertz CT molecular complexity index is 821. The van der Waals surface area contributed by atoms with Crippen molar-refractivity contribution in [2.75, 3.05) is 29.9 Å². The smallest absolute Gasteiger partial charge is 0.134 e. The summed E-state index contributed by atoms with van der Waals surface area (Å²) in [5, 5.41) is 15.8. The highest BCUT2D eigenvalue weighted by atomic mass is 15.2. The van der Waals surface area contributed by atoms with Gasteiger partial charge < -0.3 is 15.5 Å². The highest BCUT2D eigenvalue weighted by molar-refractivity contribution is 5.59. The van der Waals surface area contributed by atoms with E-state index in [-0.39, 0.29) is 0 Å². The van der Waals surface area contributed by atoms with Crippen molar-refractivity contribution in [2.45, 2.75) is 38.1 Å². The molecule has 2 aromatic rings. The lowest BCUT2D eigenvalue weighted by Crippen LogP contribution is -2.27. The topological polar surface area (TPSA) is 76.9 Å². The molecule has 0 radical (unpaired) electrons. The Kier molecular flexibility index (Phi) is 4.72. The van der Waals surface area contributed by atoms with E-state index in [0.29, 0.717) is 23.3 Å². The van der Waals surface area contributed by atoms with Crippen molar-refractivity contribution in [3.8, 4) is 6.07 Å². The minimum atomic E-state index is 0.521. The number of hydrogen-bond donors (Lipinski definition) is 2. The van der Waals surface area contributed by atoms with Gasteiger partial charge in [0, 0.05) is 25.3 Å². The van der Waals surface area contributed by atoms with Crippen molar-refractivity contribution in [1.29, 1.82) is 5.26 Å². The number of nitriles is 1. The van der Waals surface area contributed by atoms with Gasteiger partial charge in [0.1, 0.15) is 17.5 Å². The van der Waals surface area contributed by atoms with E-state index in [2.05, 4.69) is 45.6 Å². The van der Waals surface area contributed by atoms with Gasteiger partial charge in [-0.2, -0.15) is 5.26 Å². The van der Waals surface area contributed by atoms with Crippen molar-refractivity contribution in [3.05, 3.63) is 41.6 Å². The number of pyridine rings is 2. The summed E-state index contributed by atoms with van der Waals surface area (Å²) in [5.74, 6) is 3.01. The molecule has 134 valence electrons. The first-order valence-corrected chi connectivity index (χ1v) is 9.35. The highest BCUT2D eigenvalue weighted by Gasteiger charge is 2.24. The summed E-state index contributed by atoms with van der Waals surface area (Å²) < 4.78 is 0. The molecule has 2 aliphatic heterocycles. The molecule has 2 aromatic heterocycles. The van der Waals surface area contributed by atoms with Crippen LogP contribution < -0.4 is 15.5 Å². The third-order valence-electron chi connectivity index (χ3n) is 5.36. The average Bonchev–Trinajstić information content (AvgIpc) is 3.33. The summed E-state index contributed by atoms with van der Waals surface area (Å²) in [6.07, 6.45) is 5.23.